The third-order valence-corrected chi connectivity index (χ3v) is 7.30. The molecule has 2 N–H and O–H groups in total. The lowest BCUT2D eigenvalue weighted by atomic mass is 10.0. The van der Waals surface area contributed by atoms with Crippen LogP contribution in [0.4, 0.5) is 5.69 Å². The van der Waals surface area contributed by atoms with Gasteiger partial charge < -0.3 is 19.9 Å². The van der Waals surface area contributed by atoms with E-state index in [1.54, 1.807) is 30.3 Å². The molecule has 188 valence electrons. The van der Waals surface area contributed by atoms with Gasteiger partial charge in [-0.15, -0.1) is 0 Å². The number of carbonyl (C=O) groups excluding carboxylic acids is 3. The molecule has 1 saturated heterocycles. The Bertz CT molecular complexity index is 1360. The minimum Gasteiger partial charge on any atom is -0.509 e. The van der Waals surface area contributed by atoms with Gasteiger partial charge in [-0.3, -0.25) is 24.6 Å². The maximum absolute atomic E-state index is 12.7. The van der Waals surface area contributed by atoms with E-state index in [0.29, 0.717) is 16.2 Å². The normalized spacial score (nSPS) is 20.1. The fourth-order valence-electron chi connectivity index (χ4n) is 3.71. The summed E-state index contributed by atoms with van der Waals surface area (Å²) < 4.78 is 35.6. The number of carbonyl (C=O) groups is 3. The number of nitrogens with zero attached hydrogens (tertiary/aromatic N) is 2. The summed E-state index contributed by atoms with van der Waals surface area (Å²) in [6.07, 6.45) is 0. The number of para-hydroxylation sites is 1. The molecular formula is C22H19N3O10S. The Labute approximate surface area is 204 Å². The minimum absolute atomic E-state index is 0.167. The van der Waals surface area contributed by atoms with Gasteiger partial charge in [0.1, 0.15) is 29.9 Å². The lowest BCUT2D eigenvalue weighted by Gasteiger charge is -2.48. The molecule has 0 aromatic heterocycles. The van der Waals surface area contributed by atoms with Crippen LogP contribution in [0.5, 0.6) is 5.75 Å². The van der Waals surface area contributed by atoms with Gasteiger partial charge >= 0.3 is 5.97 Å². The van der Waals surface area contributed by atoms with E-state index in [-0.39, 0.29) is 12.3 Å². The Hall–Kier alpha value is -4.46. The van der Waals surface area contributed by atoms with Crippen molar-refractivity contribution in [1.29, 1.82) is 0 Å². The van der Waals surface area contributed by atoms with E-state index in [9.17, 15) is 38.0 Å². The zero-order valence-electron chi connectivity index (χ0n) is 18.4. The number of sulfone groups is 1. The van der Waals surface area contributed by atoms with E-state index in [1.807, 2.05) is 0 Å². The van der Waals surface area contributed by atoms with E-state index in [1.165, 1.54) is 24.3 Å². The molecule has 0 aliphatic carbocycles. The fraction of sp³-hybridized carbons (Fsp3) is 0.227. The SMILES string of the molecule is O=C(COc1ccccc1)NC1C(=O)N2C(C(=O)OCc3ccc([N+](=O)[O-])cc3)=C(O)CS(=O)(=O)[C@H]12. The van der Waals surface area contributed by atoms with Crippen molar-refractivity contribution in [3.8, 4) is 5.75 Å². The van der Waals surface area contributed by atoms with Crippen LogP contribution in [0.1, 0.15) is 5.56 Å². The summed E-state index contributed by atoms with van der Waals surface area (Å²) in [5.74, 6) is -4.26. The number of β-lactam (4-membered cyclic amide) rings is 1. The standard InChI is InChI=1S/C22H19N3O10S/c26-16-12-36(32,33)21-18(23-17(27)11-34-15-4-2-1-3-5-15)20(28)24(21)19(16)22(29)35-10-13-6-8-14(9-7-13)25(30)31/h1-9,18,21,26H,10-12H2,(H,23,27)/t18?,21-/m1/s1. The third-order valence-electron chi connectivity index (χ3n) is 5.40. The van der Waals surface area contributed by atoms with Crippen molar-refractivity contribution in [1.82, 2.24) is 10.2 Å². The summed E-state index contributed by atoms with van der Waals surface area (Å²) >= 11 is 0. The van der Waals surface area contributed by atoms with Gasteiger partial charge in [-0.2, -0.15) is 0 Å². The number of rotatable bonds is 8. The quantitative estimate of drug-likeness (QED) is 0.217. The van der Waals surface area contributed by atoms with Crippen LogP contribution in [0.3, 0.4) is 0 Å². The first kappa shape index (κ1) is 24.7. The van der Waals surface area contributed by atoms with Crippen LogP contribution in [0.2, 0.25) is 0 Å². The number of amides is 2. The summed E-state index contributed by atoms with van der Waals surface area (Å²) in [4.78, 5) is 48.3. The predicted molar refractivity (Wildman–Crippen MR) is 121 cm³/mol. The molecule has 0 saturated carbocycles. The van der Waals surface area contributed by atoms with Gasteiger partial charge in [-0.25, -0.2) is 13.2 Å². The predicted octanol–water partition coefficient (Wildman–Crippen LogP) is 0.568. The van der Waals surface area contributed by atoms with Crippen LogP contribution < -0.4 is 10.1 Å². The van der Waals surface area contributed by atoms with E-state index < -0.39 is 67.8 Å². The molecule has 2 atom stereocenters. The van der Waals surface area contributed by atoms with Crippen LogP contribution in [0, 0.1) is 10.1 Å². The summed E-state index contributed by atoms with van der Waals surface area (Å²) in [5.41, 5.74) is -0.431. The van der Waals surface area contributed by atoms with Gasteiger partial charge in [-0.1, -0.05) is 18.2 Å². The average Bonchev–Trinajstić information content (AvgIpc) is 2.84. The molecule has 2 aliphatic rings. The molecule has 2 aliphatic heterocycles. The maximum Gasteiger partial charge on any atom is 0.358 e. The number of esters is 1. The zero-order valence-corrected chi connectivity index (χ0v) is 19.2. The van der Waals surface area contributed by atoms with Crippen molar-refractivity contribution in [2.45, 2.75) is 18.0 Å². The van der Waals surface area contributed by atoms with Crippen LogP contribution >= 0.6 is 0 Å². The number of fused-ring (bicyclic) bond motifs is 1. The van der Waals surface area contributed by atoms with Crippen molar-refractivity contribution in [2.24, 2.45) is 0 Å². The highest BCUT2D eigenvalue weighted by molar-refractivity contribution is 7.92. The molecule has 1 fully saturated rings. The second-order valence-corrected chi connectivity index (χ2v) is 9.95. The third kappa shape index (κ3) is 4.84. The van der Waals surface area contributed by atoms with Gasteiger partial charge in [0.15, 0.2) is 27.5 Å². The molecule has 0 radical (unpaired) electrons. The molecule has 2 heterocycles. The van der Waals surface area contributed by atoms with Crippen molar-refractivity contribution in [3.63, 3.8) is 0 Å². The first-order valence-corrected chi connectivity index (χ1v) is 12.1. The van der Waals surface area contributed by atoms with Crippen molar-refractivity contribution >= 4 is 33.3 Å². The molecule has 36 heavy (non-hydrogen) atoms. The molecule has 0 bridgehead atoms. The second kappa shape index (κ2) is 9.65. The molecule has 1 unspecified atom stereocenters. The first-order valence-electron chi connectivity index (χ1n) is 10.4. The molecule has 2 aromatic rings. The molecule has 0 spiro atoms. The van der Waals surface area contributed by atoms with E-state index in [0.717, 1.165) is 0 Å². The molecule has 2 amide bonds. The maximum atomic E-state index is 12.7. The zero-order chi connectivity index (χ0) is 26.0. The highest BCUT2D eigenvalue weighted by Gasteiger charge is 2.61. The lowest BCUT2D eigenvalue weighted by Crippen LogP contribution is -2.75. The van der Waals surface area contributed by atoms with Gasteiger partial charge in [0.25, 0.3) is 17.5 Å². The first-order chi connectivity index (χ1) is 17.1. The minimum atomic E-state index is -4.14. The number of nitrogens with one attached hydrogen (secondary N) is 1. The van der Waals surface area contributed by atoms with E-state index in [2.05, 4.69) is 5.32 Å². The summed E-state index contributed by atoms with van der Waals surface area (Å²) in [6.45, 7) is -0.837. The number of aliphatic hydroxyl groups is 1. The smallest absolute Gasteiger partial charge is 0.358 e. The Balaban J connectivity index is 1.43. The highest BCUT2D eigenvalue weighted by atomic mass is 32.2. The van der Waals surface area contributed by atoms with Gasteiger partial charge in [0, 0.05) is 12.1 Å². The number of nitro groups is 1. The van der Waals surface area contributed by atoms with Gasteiger partial charge in [0.05, 0.1) is 4.92 Å². The summed E-state index contributed by atoms with van der Waals surface area (Å²) in [7, 11) is -4.14. The van der Waals surface area contributed by atoms with Crippen molar-refractivity contribution in [2.75, 3.05) is 12.4 Å². The van der Waals surface area contributed by atoms with Gasteiger partial charge in [-0.05, 0) is 29.8 Å². The van der Waals surface area contributed by atoms with Crippen molar-refractivity contribution < 1.29 is 42.3 Å². The topological polar surface area (TPSA) is 182 Å². The molecule has 4 rings (SSSR count). The monoisotopic (exact) mass is 517 g/mol. The molecule has 13 nitrogen and oxygen atoms in total. The largest absolute Gasteiger partial charge is 0.509 e. The lowest BCUT2D eigenvalue weighted by molar-refractivity contribution is -0.384. The summed E-state index contributed by atoms with van der Waals surface area (Å²) in [6, 6.07) is 12.0. The number of hydrogen-bond acceptors (Lipinski definition) is 10. The Morgan fingerprint density at radius 3 is 2.44 bits per heavy atom. The highest BCUT2D eigenvalue weighted by Crippen LogP contribution is 2.36. The Morgan fingerprint density at radius 2 is 1.81 bits per heavy atom. The Kier molecular flexibility index (Phi) is 6.61. The van der Waals surface area contributed by atoms with E-state index >= 15 is 0 Å². The van der Waals surface area contributed by atoms with Crippen LogP contribution in [0.25, 0.3) is 0 Å². The Morgan fingerprint density at radius 1 is 1.14 bits per heavy atom. The number of non-ortho nitro benzene ring substituents is 1. The van der Waals surface area contributed by atoms with Crippen LogP contribution in [-0.4, -0.2) is 64.9 Å². The molecular weight excluding hydrogens is 498 g/mol. The number of ether oxygens (including phenoxy) is 2. The fourth-order valence-corrected chi connectivity index (χ4v) is 5.53. The van der Waals surface area contributed by atoms with Crippen LogP contribution in [-0.2, 0) is 35.6 Å². The number of aliphatic hydroxyl groups excluding tert-OH is 1. The number of hydrogen-bond donors (Lipinski definition) is 2. The molecule has 2 aromatic carbocycles. The molecule has 14 heteroatoms. The van der Waals surface area contributed by atoms with Crippen LogP contribution in [0.15, 0.2) is 66.1 Å². The second-order valence-electron chi connectivity index (χ2n) is 7.85. The van der Waals surface area contributed by atoms with Gasteiger partial charge in [0.2, 0.25) is 0 Å². The average molecular weight is 517 g/mol. The van der Waals surface area contributed by atoms with E-state index in [4.69, 9.17) is 9.47 Å². The summed E-state index contributed by atoms with van der Waals surface area (Å²) in [5, 5.41) is 21.6. The number of benzene rings is 2. The van der Waals surface area contributed by atoms with Crippen molar-refractivity contribution in [3.05, 3.63) is 81.7 Å². The number of nitro benzene ring substituents is 1.